The molecule has 0 saturated heterocycles. The zero-order chi connectivity index (χ0) is 14.7. The lowest BCUT2D eigenvalue weighted by atomic mass is 10.1. The normalized spacial score (nSPS) is 21.4. The van der Waals surface area contributed by atoms with Gasteiger partial charge in [0.05, 0.1) is 4.92 Å². The molecule has 0 radical (unpaired) electrons. The van der Waals surface area contributed by atoms with Crippen molar-refractivity contribution in [2.75, 3.05) is 5.32 Å². The molecule has 108 valence electrons. The van der Waals surface area contributed by atoms with Crippen molar-refractivity contribution in [3.05, 3.63) is 33.9 Å². The molecular formula is C13H17N3O4. The fourth-order valence-corrected chi connectivity index (χ4v) is 2.55. The summed E-state index contributed by atoms with van der Waals surface area (Å²) in [5.74, 6) is 0. The van der Waals surface area contributed by atoms with Crippen LogP contribution in [0.15, 0.2) is 18.2 Å². The molecule has 1 amide bonds. The first-order chi connectivity index (χ1) is 9.45. The molecule has 1 aromatic carbocycles. The Bertz CT molecular complexity index is 532. The number of hydrogen-bond donors (Lipinski definition) is 3. The third-order valence-corrected chi connectivity index (χ3v) is 3.47. The largest absolute Gasteiger partial charge is 0.465 e. The van der Waals surface area contributed by atoms with E-state index < -0.39 is 11.0 Å². The summed E-state index contributed by atoms with van der Waals surface area (Å²) >= 11 is 0. The number of carbonyl (C=O) groups is 1. The summed E-state index contributed by atoms with van der Waals surface area (Å²) in [6, 6.07) is 5.01. The number of nitro benzene ring substituents is 1. The second-order valence-electron chi connectivity index (χ2n) is 5.08. The van der Waals surface area contributed by atoms with Crippen molar-refractivity contribution in [2.24, 2.45) is 0 Å². The monoisotopic (exact) mass is 279 g/mol. The van der Waals surface area contributed by atoms with Gasteiger partial charge in [-0.2, -0.15) is 0 Å². The first-order valence-corrected chi connectivity index (χ1v) is 6.46. The third kappa shape index (κ3) is 3.37. The van der Waals surface area contributed by atoms with Crippen LogP contribution in [0.5, 0.6) is 0 Å². The van der Waals surface area contributed by atoms with Crippen molar-refractivity contribution in [3.63, 3.8) is 0 Å². The van der Waals surface area contributed by atoms with E-state index in [4.69, 9.17) is 5.11 Å². The zero-order valence-electron chi connectivity index (χ0n) is 11.1. The second kappa shape index (κ2) is 5.77. The summed E-state index contributed by atoms with van der Waals surface area (Å²) in [4.78, 5) is 21.2. The molecule has 0 unspecified atom stereocenters. The number of amides is 1. The van der Waals surface area contributed by atoms with Crippen molar-refractivity contribution in [1.82, 2.24) is 5.32 Å². The predicted octanol–water partition coefficient (Wildman–Crippen LogP) is 2.50. The van der Waals surface area contributed by atoms with Gasteiger partial charge in [-0.15, -0.1) is 0 Å². The van der Waals surface area contributed by atoms with Crippen molar-refractivity contribution in [1.29, 1.82) is 0 Å². The van der Waals surface area contributed by atoms with Crippen LogP contribution in [0, 0.1) is 17.0 Å². The molecule has 1 aliphatic carbocycles. The van der Waals surface area contributed by atoms with Crippen LogP contribution < -0.4 is 10.6 Å². The van der Waals surface area contributed by atoms with Crippen molar-refractivity contribution in [3.8, 4) is 0 Å². The smallest absolute Gasteiger partial charge is 0.404 e. The average Bonchev–Trinajstić information content (AvgIpc) is 2.77. The fraction of sp³-hybridized carbons (Fsp3) is 0.462. The Balaban J connectivity index is 2.04. The number of nitro groups is 1. The summed E-state index contributed by atoms with van der Waals surface area (Å²) in [5, 5.41) is 25.3. The highest BCUT2D eigenvalue weighted by atomic mass is 16.6. The fourth-order valence-electron chi connectivity index (χ4n) is 2.55. The van der Waals surface area contributed by atoms with Crippen molar-refractivity contribution < 1.29 is 14.8 Å². The lowest BCUT2D eigenvalue weighted by molar-refractivity contribution is -0.384. The highest BCUT2D eigenvalue weighted by molar-refractivity contribution is 5.65. The molecular weight excluding hydrogens is 262 g/mol. The standard InChI is InChI=1S/C13H17N3O4/c1-8-2-5-11(12(6-8)16(19)20)14-9-3-4-10(7-9)15-13(17)18/h2,5-6,9-10,14-15H,3-4,7H2,1H3,(H,17,18)/t9-,10-/m0/s1. The SMILES string of the molecule is Cc1ccc(N[C@H]2CC[C@H](NC(=O)O)C2)c([N+](=O)[O-])c1. The predicted molar refractivity (Wildman–Crippen MR) is 74.0 cm³/mol. The number of carboxylic acid groups (broad SMARTS) is 1. The van der Waals surface area contributed by atoms with Gasteiger partial charge in [0.2, 0.25) is 0 Å². The maximum absolute atomic E-state index is 11.0. The summed E-state index contributed by atoms with van der Waals surface area (Å²) in [5.41, 5.74) is 1.38. The molecule has 2 rings (SSSR count). The number of rotatable bonds is 4. The summed E-state index contributed by atoms with van der Waals surface area (Å²) in [7, 11) is 0. The number of anilines is 1. The molecule has 0 heterocycles. The summed E-state index contributed by atoms with van der Waals surface area (Å²) in [6.45, 7) is 1.80. The highest BCUT2D eigenvalue weighted by Gasteiger charge is 2.27. The minimum Gasteiger partial charge on any atom is -0.465 e. The first-order valence-electron chi connectivity index (χ1n) is 6.46. The molecule has 20 heavy (non-hydrogen) atoms. The van der Waals surface area contributed by atoms with Crippen LogP contribution in [0.1, 0.15) is 24.8 Å². The summed E-state index contributed by atoms with van der Waals surface area (Å²) in [6.07, 6.45) is 1.13. The molecule has 1 saturated carbocycles. The van der Waals surface area contributed by atoms with E-state index in [-0.39, 0.29) is 17.8 Å². The first kappa shape index (κ1) is 14.1. The van der Waals surface area contributed by atoms with E-state index in [9.17, 15) is 14.9 Å². The van der Waals surface area contributed by atoms with E-state index >= 15 is 0 Å². The molecule has 7 nitrogen and oxygen atoms in total. The molecule has 3 N–H and O–H groups in total. The van der Waals surface area contributed by atoms with E-state index in [2.05, 4.69) is 10.6 Å². The molecule has 0 aliphatic heterocycles. The lowest BCUT2D eigenvalue weighted by Gasteiger charge is -2.15. The molecule has 0 aromatic heterocycles. The number of aryl methyl sites for hydroxylation is 1. The zero-order valence-corrected chi connectivity index (χ0v) is 11.1. The van der Waals surface area contributed by atoms with Gasteiger partial charge in [0.25, 0.3) is 5.69 Å². The Morgan fingerprint density at radius 3 is 2.75 bits per heavy atom. The Labute approximate surface area is 116 Å². The molecule has 1 aromatic rings. The van der Waals surface area contributed by atoms with Crippen LogP contribution in [0.3, 0.4) is 0 Å². The molecule has 1 fully saturated rings. The van der Waals surface area contributed by atoms with E-state index in [1.807, 2.05) is 6.07 Å². The Hall–Kier alpha value is -2.31. The van der Waals surface area contributed by atoms with Gasteiger partial charge in [0.15, 0.2) is 0 Å². The van der Waals surface area contributed by atoms with Crippen LogP contribution in [0.4, 0.5) is 16.2 Å². The van der Waals surface area contributed by atoms with E-state index in [1.165, 1.54) is 6.07 Å². The minimum absolute atomic E-state index is 0.0493. The molecule has 2 atom stereocenters. The quantitative estimate of drug-likeness (QED) is 0.580. The van der Waals surface area contributed by atoms with Gasteiger partial charge < -0.3 is 15.7 Å². The number of nitrogens with one attached hydrogen (secondary N) is 2. The Morgan fingerprint density at radius 1 is 1.40 bits per heavy atom. The third-order valence-electron chi connectivity index (χ3n) is 3.47. The maximum atomic E-state index is 11.0. The average molecular weight is 279 g/mol. The van der Waals surface area contributed by atoms with Crippen LogP contribution >= 0.6 is 0 Å². The van der Waals surface area contributed by atoms with Gasteiger partial charge in [-0.1, -0.05) is 6.07 Å². The molecule has 0 bridgehead atoms. The van der Waals surface area contributed by atoms with Crippen LogP contribution in [-0.2, 0) is 0 Å². The van der Waals surface area contributed by atoms with Crippen LogP contribution in [0.25, 0.3) is 0 Å². The van der Waals surface area contributed by atoms with Crippen LogP contribution in [0.2, 0.25) is 0 Å². The summed E-state index contributed by atoms with van der Waals surface area (Å²) < 4.78 is 0. The topological polar surface area (TPSA) is 104 Å². The second-order valence-corrected chi connectivity index (χ2v) is 5.08. The van der Waals surface area contributed by atoms with Gasteiger partial charge in [-0.3, -0.25) is 10.1 Å². The van der Waals surface area contributed by atoms with E-state index in [1.54, 1.807) is 13.0 Å². The van der Waals surface area contributed by atoms with Gasteiger partial charge in [-0.05, 0) is 37.8 Å². The van der Waals surface area contributed by atoms with Gasteiger partial charge >= 0.3 is 6.09 Å². The van der Waals surface area contributed by atoms with Gasteiger partial charge in [-0.25, -0.2) is 4.79 Å². The Morgan fingerprint density at radius 2 is 2.10 bits per heavy atom. The van der Waals surface area contributed by atoms with Crippen molar-refractivity contribution in [2.45, 2.75) is 38.3 Å². The number of nitrogens with zero attached hydrogens (tertiary/aromatic N) is 1. The highest BCUT2D eigenvalue weighted by Crippen LogP contribution is 2.29. The van der Waals surface area contributed by atoms with Crippen LogP contribution in [-0.4, -0.2) is 28.2 Å². The number of hydrogen-bond acceptors (Lipinski definition) is 4. The van der Waals surface area contributed by atoms with E-state index in [0.717, 1.165) is 18.4 Å². The lowest BCUT2D eigenvalue weighted by Crippen LogP contribution is -2.32. The number of benzene rings is 1. The van der Waals surface area contributed by atoms with Gasteiger partial charge in [0, 0.05) is 18.2 Å². The Kier molecular flexibility index (Phi) is 4.07. The molecule has 0 spiro atoms. The van der Waals surface area contributed by atoms with Crippen molar-refractivity contribution >= 4 is 17.5 Å². The molecule has 1 aliphatic rings. The molecule has 7 heteroatoms. The van der Waals surface area contributed by atoms with Gasteiger partial charge in [0.1, 0.15) is 5.69 Å². The minimum atomic E-state index is -1.03. The maximum Gasteiger partial charge on any atom is 0.404 e. The van der Waals surface area contributed by atoms with E-state index in [0.29, 0.717) is 12.1 Å².